The SMILES string of the molecule is CCCCN1C(=O)/C(=C/c2c(NCc3ccco3)nc3c(C)cccn3c2=O)SC1=S. The van der Waals surface area contributed by atoms with Crippen molar-refractivity contribution in [3.63, 3.8) is 0 Å². The average Bonchev–Trinajstić information content (AvgIpc) is 3.36. The molecule has 1 N–H and O–H groups in total. The van der Waals surface area contributed by atoms with Gasteiger partial charge in [0, 0.05) is 12.7 Å². The van der Waals surface area contributed by atoms with Crippen LogP contribution in [0.25, 0.3) is 11.7 Å². The molecule has 3 aromatic rings. The number of carbonyl (C=O) groups is 1. The van der Waals surface area contributed by atoms with Gasteiger partial charge in [-0.3, -0.25) is 18.9 Å². The van der Waals surface area contributed by atoms with Crippen molar-refractivity contribution in [1.29, 1.82) is 0 Å². The number of unbranched alkanes of at least 4 members (excludes halogenated alkanes) is 1. The smallest absolute Gasteiger partial charge is 0.267 e. The number of thiocarbonyl (C=S) groups is 1. The number of fused-ring (bicyclic) bond motifs is 1. The molecule has 1 fully saturated rings. The van der Waals surface area contributed by atoms with E-state index in [0.717, 1.165) is 18.4 Å². The van der Waals surface area contributed by atoms with Crippen LogP contribution in [0.5, 0.6) is 0 Å². The van der Waals surface area contributed by atoms with E-state index in [2.05, 4.69) is 17.2 Å². The topological polar surface area (TPSA) is 79.8 Å². The molecule has 160 valence electrons. The number of thioether (sulfide) groups is 1. The maximum atomic E-state index is 13.3. The maximum absolute atomic E-state index is 13.3. The van der Waals surface area contributed by atoms with E-state index in [0.29, 0.717) is 45.1 Å². The number of aromatic nitrogens is 2. The molecule has 0 aliphatic carbocycles. The number of rotatable bonds is 7. The zero-order chi connectivity index (χ0) is 22.0. The highest BCUT2D eigenvalue weighted by molar-refractivity contribution is 8.26. The van der Waals surface area contributed by atoms with Crippen LogP contribution >= 0.6 is 24.0 Å². The third-order valence-corrected chi connectivity index (χ3v) is 6.36. The van der Waals surface area contributed by atoms with Crippen LogP contribution in [0.4, 0.5) is 5.82 Å². The second kappa shape index (κ2) is 9.07. The summed E-state index contributed by atoms with van der Waals surface area (Å²) in [6.07, 6.45) is 6.70. The zero-order valence-corrected chi connectivity index (χ0v) is 18.9. The van der Waals surface area contributed by atoms with Crippen LogP contribution in [0.2, 0.25) is 0 Å². The van der Waals surface area contributed by atoms with Crippen LogP contribution < -0.4 is 10.9 Å². The highest BCUT2D eigenvalue weighted by Crippen LogP contribution is 2.33. The lowest BCUT2D eigenvalue weighted by atomic mass is 10.2. The molecule has 4 heterocycles. The summed E-state index contributed by atoms with van der Waals surface area (Å²) in [6.45, 7) is 4.90. The fourth-order valence-corrected chi connectivity index (χ4v) is 4.59. The Morgan fingerprint density at radius 3 is 2.87 bits per heavy atom. The molecule has 1 amide bonds. The maximum Gasteiger partial charge on any atom is 0.267 e. The van der Waals surface area contributed by atoms with E-state index in [4.69, 9.17) is 16.6 Å². The van der Waals surface area contributed by atoms with Gasteiger partial charge in [-0.05, 0) is 43.2 Å². The molecule has 1 aliphatic rings. The lowest BCUT2D eigenvalue weighted by molar-refractivity contribution is -0.122. The average molecular weight is 455 g/mol. The normalized spacial score (nSPS) is 15.4. The van der Waals surface area contributed by atoms with Crippen LogP contribution in [-0.2, 0) is 11.3 Å². The quantitative estimate of drug-likeness (QED) is 0.423. The number of pyridine rings is 1. The van der Waals surface area contributed by atoms with Gasteiger partial charge < -0.3 is 9.73 Å². The molecule has 0 radical (unpaired) electrons. The first-order valence-corrected chi connectivity index (χ1v) is 11.3. The summed E-state index contributed by atoms with van der Waals surface area (Å²) in [6, 6.07) is 7.34. The van der Waals surface area contributed by atoms with E-state index in [1.807, 2.05) is 19.1 Å². The third kappa shape index (κ3) is 4.28. The second-order valence-electron chi connectivity index (χ2n) is 7.18. The van der Waals surface area contributed by atoms with E-state index in [1.54, 1.807) is 35.6 Å². The summed E-state index contributed by atoms with van der Waals surface area (Å²) in [5, 5.41) is 3.19. The largest absolute Gasteiger partial charge is 0.467 e. The summed E-state index contributed by atoms with van der Waals surface area (Å²) in [5.74, 6) is 0.937. The standard InChI is InChI=1S/C22H22N4O3S2/c1-3-4-9-26-21(28)17(31-22(26)30)12-16-18(23-13-15-8-6-11-29-15)24-19-14(2)7-5-10-25(19)20(16)27/h5-8,10-12,23H,3-4,9,13H2,1-2H3/b17-12-. The summed E-state index contributed by atoms with van der Waals surface area (Å²) in [4.78, 5) is 32.9. The second-order valence-corrected chi connectivity index (χ2v) is 8.86. The number of hydrogen-bond acceptors (Lipinski definition) is 7. The number of nitrogens with one attached hydrogen (secondary N) is 1. The first kappa shape index (κ1) is 21.3. The van der Waals surface area contributed by atoms with Crippen LogP contribution in [-0.4, -0.2) is 31.1 Å². The van der Waals surface area contributed by atoms with Crippen LogP contribution in [0.1, 0.15) is 36.7 Å². The van der Waals surface area contributed by atoms with Crippen molar-refractivity contribution in [3.8, 4) is 0 Å². The predicted octanol–water partition coefficient (Wildman–Crippen LogP) is 4.21. The highest BCUT2D eigenvalue weighted by Gasteiger charge is 2.32. The summed E-state index contributed by atoms with van der Waals surface area (Å²) >= 11 is 6.61. The molecule has 4 rings (SSSR count). The molecule has 3 aromatic heterocycles. The zero-order valence-electron chi connectivity index (χ0n) is 17.3. The highest BCUT2D eigenvalue weighted by atomic mass is 32.2. The van der Waals surface area contributed by atoms with Crippen LogP contribution in [0.15, 0.2) is 50.8 Å². The Hall–Kier alpha value is -2.91. The Morgan fingerprint density at radius 2 is 2.13 bits per heavy atom. The number of hydrogen-bond donors (Lipinski definition) is 1. The molecule has 9 heteroatoms. The molecule has 0 atom stereocenters. The predicted molar refractivity (Wildman–Crippen MR) is 127 cm³/mol. The molecule has 1 aliphatic heterocycles. The van der Waals surface area contributed by atoms with Crippen LogP contribution in [0, 0.1) is 6.92 Å². The van der Waals surface area contributed by atoms with Crippen molar-refractivity contribution in [2.24, 2.45) is 0 Å². The van der Waals surface area contributed by atoms with E-state index < -0.39 is 0 Å². The van der Waals surface area contributed by atoms with E-state index in [-0.39, 0.29) is 11.5 Å². The van der Waals surface area contributed by atoms with Crippen molar-refractivity contribution in [2.75, 3.05) is 11.9 Å². The van der Waals surface area contributed by atoms with Gasteiger partial charge in [0.25, 0.3) is 11.5 Å². The summed E-state index contributed by atoms with van der Waals surface area (Å²) < 4.78 is 7.39. The fourth-order valence-electron chi connectivity index (χ4n) is 3.30. The molecule has 0 saturated carbocycles. The van der Waals surface area contributed by atoms with Gasteiger partial charge in [0.1, 0.15) is 21.5 Å². The number of furan rings is 1. The summed E-state index contributed by atoms with van der Waals surface area (Å²) in [7, 11) is 0. The van der Waals surface area contributed by atoms with Gasteiger partial charge in [-0.15, -0.1) is 0 Å². The van der Waals surface area contributed by atoms with Gasteiger partial charge in [0.05, 0.1) is 23.3 Å². The molecule has 0 spiro atoms. The number of anilines is 1. The summed E-state index contributed by atoms with van der Waals surface area (Å²) in [5.41, 5.74) is 1.49. The Kier molecular flexibility index (Phi) is 6.24. The number of amides is 1. The molecule has 0 aromatic carbocycles. The van der Waals surface area contributed by atoms with E-state index in [9.17, 15) is 9.59 Å². The van der Waals surface area contributed by atoms with Gasteiger partial charge in [-0.2, -0.15) is 0 Å². The number of nitrogens with zero attached hydrogens (tertiary/aromatic N) is 3. The monoisotopic (exact) mass is 454 g/mol. The third-order valence-electron chi connectivity index (χ3n) is 4.98. The molecule has 0 bridgehead atoms. The Morgan fingerprint density at radius 1 is 1.29 bits per heavy atom. The minimum Gasteiger partial charge on any atom is -0.467 e. The molecular weight excluding hydrogens is 432 g/mol. The van der Waals surface area contributed by atoms with Crippen LogP contribution in [0.3, 0.4) is 0 Å². The number of aryl methyl sites for hydroxylation is 1. The van der Waals surface area contributed by atoms with Gasteiger partial charge in [-0.1, -0.05) is 43.4 Å². The van der Waals surface area contributed by atoms with Crippen molar-refractivity contribution in [1.82, 2.24) is 14.3 Å². The molecule has 31 heavy (non-hydrogen) atoms. The van der Waals surface area contributed by atoms with Gasteiger partial charge in [0.2, 0.25) is 0 Å². The van der Waals surface area contributed by atoms with Crippen molar-refractivity contribution >= 4 is 51.7 Å². The van der Waals surface area contributed by atoms with Gasteiger partial charge in [0.15, 0.2) is 0 Å². The van der Waals surface area contributed by atoms with E-state index >= 15 is 0 Å². The molecule has 7 nitrogen and oxygen atoms in total. The molecule has 1 saturated heterocycles. The van der Waals surface area contributed by atoms with Gasteiger partial charge >= 0.3 is 0 Å². The Bertz CT molecular complexity index is 1230. The minimum absolute atomic E-state index is 0.172. The molecular formula is C22H22N4O3S2. The lowest BCUT2D eigenvalue weighted by Gasteiger charge is -2.13. The van der Waals surface area contributed by atoms with Crippen molar-refractivity contribution < 1.29 is 9.21 Å². The van der Waals surface area contributed by atoms with Gasteiger partial charge in [-0.25, -0.2) is 4.98 Å². The Labute approximate surface area is 189 Å². The molecule has 0 unspecified atom stereocenters. The van der Waals surface area contributed by atoms with Crippen molar-refractivity contribution in [2.45, 2.75) is 33.2 Å². The van der Waals surface area contributed by atoms with Crippen molar-refractivity contribution in [3.05, 3.63) is 68.9 Å². The fraction of sp³-hybridized carbons (Fsp3) is 0.273. The first-order chi connectivity index (χ1) is 15.0. The van der Waals surface area contributed by atoms with E-state index in [1.165, 1.54) is 16.2 Å². The number of carbonyl (C=O) groups excluding carboxylic acids is 1. The lowest BCUT2D eigenvalue weighted by Crippen LogP contribution is -2.29. The first-order valence-electron chi connectivity index (χ1n) is 10.0. The minimum atomic E-state index is -0.255. The Balaban J connectivity index is 1.78.